The average Bonchev–Trinajstić information content (AvgIpc) is 2.56. The first-order chi connectivity index (χ1) is 11.6. The fraction of sp³-hybridized carbons (Fsp3) is 1.00. The van der Waals surface area contributed by atoms with Crippen LogP contribution < -0.4 is 34.5 Å². The Kier molecular flexibility index (Phi) is 24.3. The summed E-state index contributed by atoms with van der Waals surface area (Å²) in [6.07, 6.45) is 18.7. The molecule has 0 radical (unpaired) electrons. The SMILES string of the molecule is CCCCCCCCCCCCCCCCOP(=O)([O-])OCCC.[Na+]. The second kappa shape index (κ2) is 21.4. The Bertz CT molecular complexity index is 303. The number of phosphoric acid groups is 1. The van der Waals surface area contributed by atoms with E-state index >= 15 is 0 Å². The summed E-state index contributed by atoms with van der Waals surface area (Å²) in [7, 11) is -4.05. The molecule has 4 nitrogen and oxygen atoms in total. The van der Waals surface area contributed by atoms with E-state index in [9.17, 15) is 9.46 Å². The fourth-order valence-electron chi connectivity index (χ4n) is 2.71. The zero-order valence-electron chi connectivity index (χ0n) is 17.1. The maximum absolute atomic E-state index is 11.3. The quantitative estimate of drug-likeness (QED) is 0.194. The Morgan fingerprint density at radius 1 is 0.600 bits per heavy atom. The van der Waals surface area contributed by atoms with Gasteiger partial charge >= 0.3 is 29.6 Å². The second-order valence-corrected chi connectivity index (χ2v) is 8.12. The maximum Gasteiger partial charge on any atom is 1.00 e. The first kappa shape index (κ1) is 28.3. The summed E-state index contributed by atoms with van der Waals surface area (Å²) in [6, 6.07) is 0. The molecule has 0 N–H and O–H groups in total. The molecule has 146 valence electrons. The molecule has 0 aromatic rings. The van der Waals surface area contributed by atoms with Crippen LogP contribution in [0.25, 0.3) is 0 Å². The van der Waals surface area contributed by atoms with Gasteiger partial charge in [0.05, 0.1) is 13.2 Å². The van der Waals surface area contributed by atoms with Gasteiger partial charge in [0.1, 0.15) is 0 Å². The zero-order valence-corrected chi connectivity index (χ0v) is 20.0. The van der Waals surface area contributed by atoms with Crippen LogP contribution >= 0.6 is 7.82 Å². The van der Waals surface area contributed by atoms with Crippen molar-refractivity contribution in [2.24, 2.45) is 0 Å². The predicted octanol–water partition coefficient (Wildman–Crippen LogP) is 3.38. The van der Waals surface area contributed by atoms with Crippen LogP contribution in [-0.4, -0.2) is 13.2 Å². The van der Waals surface area contributed by atoms with Crippen LogP contribution in [0, 0.1) is 0 Å². The normalized spacial score (nSPS) is 13.4. The molecule has 25 heavy (non-hydrogen) atoms. The molecule has 0 saturated carbocycles. The monoisotopic (exact) mass is 386 g/mol. The average molecular weight is 386 g/mol. The molecule has 0 aliphatic carbocycles. The molecular weight excluding hydrogens is 346 g/mol. The molecule has 0 aliphatic rings. The molecule has 0 aromatic carbocycles. The van der Waals surface area contributed by atoms with Gasteiger partial charge in [-0.15, -0.1) is 0 Å². The maximum atomic E-state index is 11.3. The van der Waals surface area contributed by atoms with Crippen LogP contribution in [0.4, 0.5) is 0 Å². The summed E-state index contributed by atoms with van der Waals surface area (Å²) < 4.78 is 20.8. The molecule has 0 bridgehead atoms. The number of hydrogen-bond donors (Lipinski definition) is 0. The van der Waals surface area contributed by atoms with Crippen molar-refractivity contribution < 1.29 is 48.1 Å². The summed E-state index contributed by atoms with van der Waals surface area (Å²) in [4.78, 5) is 11.3. The molecule has 0 heterocycles. The number of rotatable bonds is 19. The molecule has 0 aromatic heterocycles. The topological polar surface area (TPSA) is 58.6 Å². The van der Waals surface area contributed by atoms with Crippen molar-refractivity contribution in [3.05, 3.63) is 0 Å². The summed E-state index contributed by atoms with van der Waals surface area (Å²) in [5.41, 5.74) is 0. The smallest absolute Gasteiger partial charge is 0.756 e. The van der Waals surface area contributed by atoms with Gasteiger partial charge in [0.15, 0.2) is 0 Å². The first-order valence-electron chi connectivity index (χ1n) is 10.2. The Balaban J connectivity index is 0. The molecule has 1 atom stereocenters. The van der Waals surface area contributed by atoms with Crippen molar-refractivity contribution in [1.82, 2.24) is 0 Å². The van der Waals surface area contributed by atoms with E-state index in [2.05, 4.69) is 11.4 Å². The molecule has 0 rings (SSSR count). The van der Waals surface area contributed by atoms with Crippen molar-refractivity contribution in [2.45, 2.75) is 110 Å². The molecule has 0 amide bonds. The van der Waals surface area contributed by atoms with Crippen LogP contribution in [0.3, 0.4) is 0 Å². The minimum atomic E-state index is -4.05. The van der Waals surface area contributed by atoms with E-state index in [0.29, 0.717) is 6.42 Å². The largest absolute Gasteiger partial charge is 1.00 e. The van der Waals surface area contributed by atoms with Crippen LogP contribution in [-0.2, 0) is 13.6 Å². The van der Waals surface area contributed by atoms with Gasteiger partial charge in [0, 0.05) is 0 Å². The third kappa shape index (κ3) is 23.1. The summed E-state index contributed by atoms with van der Waals surface area (Å²) in [6.45, 7) is 4.59. The van der Waals surface area contributed by atoms with Gasteiger partial charge < -0.3 is 13.9 Å². The van der Waals surface area contributed by atoms with Crippen molar-refractivity contribution in [3.8, 4) is 0 Å². The summed E-state index contributed by atoms with van der Waals surface area (Å²) in [5.74, 6) is 0. The van der Waals surface area contributed by atoms with E-state index in [-0.39, 0.29) is 42.8 Å². The van der Waals surface area contributed by atoms with Crippen LogP contribution in [0.15, 0.2) is 0 Å². The molecule has 6 heteroatoms. The van der Waals surface area contributed by atoms with Crippen molar-refractivity contribution >= 4 is 7.82 Å². The van der Waals surface area contributed by atoms with E-state index in [4.69, 9.17) is 4.52 Å². The van der Waals surface area contributed by atoms with E-state index in [1.54, 1.807) is 0 Å². The minimum Gasteiger partial charge on any atom is -0.756 e. The first-order valence-corrected chi connectivity index (χ1v) is 11.7. The number of hydrogen-bond acceptors (Lipinski definition) is 4. The van der Waals surface area contributed by atoms with E-state index < -0.39 is 7.82 Å². The van der Waals surface area contributed by atoms with Gasteiger partial charge in [-0.1, -0.05) is 97.3 Å². The van der Waals surface area contributed by atoms with Gasteiger partial charge in [-0.05, 0) is 12.8 Å². The minimum absolute atomic E-state index is 0. The molecular formula is C19H40NaO4P. The molecule has 1 unspecified atom stereocenters. The molecule has 0 fully saturated rings. The van der Waals surface area contributed by atoms with E-state index in [1.807, 2.05) is 6.92 Å². The van der Waals surface area contributed by atoms with Crippen LogP contribution in [0.5, 0.6) is 0 Å². The van der Waals surface area contributed by atoms with Crippen LogP contribution in [0.2, 0.25) is 0 Å². The van der Waals surface area contributed by atoms with E-state index in [1.165, 1.54) is 77.0 Å². The third-order valence-corrected chi connectivity index (χ3v) is 5.20. The number of phosphoric ester groups is 1. The van der Waals surface area contributed by atoms with Crippen molar-refractivity contribution in [2.75, 3.05) is 13.2 Å². The Hall–Kier alpha value is 1.11. The zero-order chi connectivity index (χ0) is 17.9. The van der Waals surface area contributed by atoms with Gasteiger partial charge in [-0.25, -0.2) is 0 Å². The summed E-state index contributed by atoms with van der Waals surface area (Å²) in [5, 5.41) is 0. The predicted molar refractivity (Wildman–Crippen MR) is 100 cm³/mol. The summed E-state index contributed by atoms with van der Waals surface area (Å²) >= 11 is 0. The standard InChI is InChI=1S/C19H41O4P.Na/c1-3-5-6-7-8-9-10-11-12-13-14-15-16-17-19-23-24(20,21)22-18-4-2;/h3-19H2,1-2H3,(H,20,21);/q;+1/p-1. The van der Waals surface area contributed by atoms with Gasteiger partial charge in [-0.2, -0.15) is 0 Å². The molecule has 0 spiro atoms. The second-order valence-electron chi connectivity index (χ2n) is 6.71. The molecule has 0 aliphatic heterocycles. The molecule has 0 saturated heterocycles. The third-order valence-electron chi connectivity index (χ3n) is 4.20. The van der Waals surface area contributed by atoms with Gasteiger partial charge in [0.25, 0.3) is 7.82 Å². The van der Waals surface area contributed by atoms with Gasteiger partial charge in [0.2, 0.25) is 0 Å². The van der Waals surface area contributed by atoms with Crippen LogP contribution in [0.1, 0.15) is 110 Å². The van der Waals surface area contributed by atoms with Gasteiger partial charge in [-0.3, -0.25) is 4.57 Å². The Morgan fingerprint density at radius 3 is 1.36 bits per heavy atom. The van der Waals surface area contributed by atoms with Crippen molar-refractivity contribution in [1.29, 1.82) is 0 Å². The fourth-order valence-corrected chi connectivity index (χ4v) is 3.55. The Morgan fingerprint density at radius 2 is 0.960 bits per heavy atom. The Labute approximate surface area is 178 Å². The van der Waals surface area contributed by atoms with E-state index in [0.717, 1.165) is 12.8 Å². The number of unbranched alkanes of at least 4 members (excludes halogenated alkanes) is 13. The van der Waals surface area contributed by atoms with Crippen molar-refractivity contribution in [3.63, 3.8) is 0 Å².